The van der Waals surface area contributed by atoms with Crippen LogP contribution in [-0.2, 0) is 0 Å². The number of pyridine rings is 1. The number of nitro benzene ring substituents is 1. The van der Waals surface area contributed by atoms with Gasteiger partial charge in [0.15, 0.2) is 0 Å². The molecule has 3 rings (SSSR count). The molecule has 0 aliphatic rings. The third-order valence-corrected chi connectivity index (χ3v) is 3.00. The summed E-state index contributed by atoms with van der Waals surface area (Å²) in [5, 5.41) is 15.6. The lowest BCUT2D eigenvalue weighted by molar-refractivity contribution is -0.383. The summed E-state index contributed by atoms with van der Waals surface area (Å²) in [4.78, 5) is 17.8. The van der Waals surface area contributed by atoms with Crippen LogP contribution in [0.2, 0.25) is 0 Å². The fraction of sp³-hybridized carbons (Fsp3) is 0. The molecule has 20 heavy (non-hydrogen) atoms. The lowest BCUT2D eigenvalue weighted by Gasteiger charge is -2.06. The standard InChI is InChI=1S/C13H7N5O2/c14-17-16-13-8-4-1-2-5-9(8)15-10-6-3-7-11(12(10)13)18(19)20/h1-7H. The van der Waals surface area contributed by atoms with Gasteiger partial charge in [0.1, 0.15) is 0 Å². The number of benzene rings is 2. The van der Waals surface area contributed by atoms with E-state index in [1.807, 2.05) is 0 Å². The molecule has 1 aromatic heterocycles. The maximum absolute atomic E-state index is 11.2. The van der Waals surface area contributed by atoms with E-state index in [0.717, 1.165) is 0 Å². The molecule has 7 heteroatoms. The van der Waals surface area contributed by atoms with Crippen molar-refractivity contribution in [1.82, 2.24) is 4.98 Å². The molecule has 0 saturated heterocycles. The van der Waals surface area contributed by atoms with Gasteiger partial charge in [0.05, 0.1) is 27.0 Å². The Bertz CT molecular complexity index is 900. The van der Waals surface area contributed by atoms with Gasteiger partial charge in [-0.15, -0.1) is 0 Å². The molecule has 0 fully saturated rings. The molecule has 1 heterocycles. The van der Waals surface area contributed by atoms with Gasteiger partial charge in [-0.1, -0.05) is 29.4 Å². The number of azide groups is 1. The van der Waals surface area contributed by atoms with Crippen molar-refractivity contribution < 1.29 is 4.92 Å². The fourth-order valence-electron chi connectivity index (χ4n) is 2.20. The quantitative estimate of drug-likeness (QED) is 0.173. The summed E-state index contributed by atoms with van der Waals surface area (Å²) in [7, 11) is 0. The van der Waals surface area contributed by atoms with Crippen LogP contribution in [0.1, 0.15) is 0 Å². The molecule has 0 radical (unpaired) electrons. The monoisotopic (exact) mass is 265 g/mol. The highest BCUT2D eigenvalue weighted by Gasteiger charge is 2.17. The first-order chi connectivity index (χ1) is 9.72. The van der Waals surface area contributed by atoms with Crippen LogP contribution in [0.15, 0.2) is 47.6 Å². The molecule has 7 nitrogen and oxygen atoms in total. The van der Waals surface area contributed by atoms with E-state index in [1.165, 1.54) is 6.07 Å². The zero-order chi connectivity index (χ0) is 14.1. The maximum atomic E-state index is 11.2. The Balaban J connectivity index is 2.62. The molecule has 0 bridgehead atoms. The smallest absolute Gasteiger partial charge is 0.258 e. The molecule has 96 valence electrons. The summed E-state index contributed by atoms with van der Waals surface area (Å²) in [6, 6.07) is 11.6. The molecule has 0 amide bonds. The SMILES string of the molecule is [N-]=[N+]=Nc1c2ccccc2nc2cccc([N+](=O)[O-])c12. The van der Waals surface area contributed by atoms with Gasteiger partial charge in [0, 0.05) is 16.4 Å². The summed E-state index contributed by atoms with van der Waals surface area (Å²) >= 11 is 0. The molecule has 0 aliphatic heterocycles. The Kier molecular flexibility index (Phi) is 2.67. The van der Waals surface area contributed by atoms with E-state index in [4.69, 9.17) is 5.53 Å². The van der Waals surface area contributed by atoms with Crippen LogP contribution in [0, 0.1) is 10.1 Å². The minimum atomic E-state index is -0.505. The van der Waals surface area contributed by atoms with E-state index < -0.39 is 4.92 Å². The van der Waals surface area contributed by atoms with Crippen molar-refractivity contribution in [2.24, 2.45) is 5.11 Å². The number of para-hydroxylation sites is 1. The van der Waals surface area contributed by atoms with E-state index in [-0.39, 0.29) is 16.8 Å². The second-order valence-corrected chi connectivity index (χ2v) is 4.10. The van der Waals surface area contributed by atoms with Crippen LogP contribution in [0.3, 0.4) is 0 Å². The van der Waals surface area contributed by atoms with Crippen LogP contribution in [0.5, 0.6) is 0 Å². The Labute approximate surface area is 112 Å². The topological polar surface area (TPSA) is 105 Å². The van der Waals surface area contributed by atoms with Crippen LogP contribution >= 0.6 is 0 Å². The second-order valence-electron chi connectivity index (χ2n) is 4.10. The van der Waals surface area contributed by atoms with Gasteiger partial charge in [-0.25, -0.2) is 4.98 Å². The van der Waals surface area contributed by atoms with Crippen LogP contribution in [-0.4, -0.2) is 9.91 Å². The molecule has 2 aromatic carbocycles. The molecule has 3 aromatic rings. The Morgan fingerprint density at radius 3 is 2.65 bits per heavy atom. The summed E-state index contributed by atoms with van der Waals surface area (Å²) < 4.78 is 0. The van der Waals surface area contributed by atoms with Crippen molar-refractivity contribution in [2.45, 2.75) is 0 Å². The molecule has 0 aliphatic carbocycles. The summed E-state index contributed by atoms with van der Waals surface area (Å²) in [6.45, 7) is 0. The fourth-order valence-corrected chi connectivity index (χ4v) is 2.20. The predicted molar refractivity (Wildman–Crippen MR) is 74.7 cm³/mol. The van der Waals surface area contributed by atoms with Crippen molar-refractivity contribution in [3.63, 3.8) is 0 Å². The zero-order valence-corrected chi connectivity index (χ0v) is 10.1. The molecule has 0 unspecified atom stereocenters. The highest BCUT2D eigenvalue weighted by molar-refractivity contribution is 6.09. The van der Waals surface area contributed by atoms with Crippen LogP contribution in [0.4, 0.5) is 11.4 Å². The number of nitro groups is 1. The van der Waals surface area contributed by atoms with Crippen molar-refractivity contribution in [3.8, 4) is 0 Å². The minimum absolute atomic E-state index is 0.122. The second kappa shape index (κ2) is 4.49. The van der Waals surface area contributed by atoms with Gasteiger partial charge >= 0.3 is 0 Å². The Morgan fingerprint density at radius 1 is 1.15 bits per heavy atom. The summed E-state index contributed by atoms with van der Waals surface area (Å²) in [6.07, 6.45) is 0. The first-order valence-electron chi connectivity index (χ1n) is 5.73. The van der Waals surface area contributed by atoms with Crippen molar-refractivity contribution in [2.75, 3.05) is 0 Å². The highest BCUT2D eigenvalue weighted by Crippen LogP contribution is 2.38. The first-order valence-corrected chi connectivity index (χ1v) is 5.73. The summed E-state index contributed by atoms with van der Waals surface area (Å²) in [5.74, 6) is 0. The number of hydrogen-bond acceptors (Lipinski definition) is 4. The Morgan fingerprint density at radius 2 is 1.90 bits per heavy atom. The van der Waals surface area contributed by atoms with E-state index in [9.17, 15) is 10.1 Å². The van der Waals surface area contributed by atoms with Gasteiger partial charge in [0.2, 0.25) is 0 Å². The average molecular weight is 265 g/mol. The average Bonchev–Trinajstić information content (AvgIpc) is 2.46. The van der Waals surface area contributed by atoms with E-state index in [1.54, 1.807) is 36.4 Å². The van der Waals surface area contributed by atoms with E-state index in [0.29, 0.717) is 16.4 Å². The number of non-ortho nitro benzene ring substituents is 1. The lowest BCUT2D eigenvalue weighted by atomic mass is 10.1. The van der Waals surface area contributed by atoms with Gasteiger partial charge in [-0.3, -0.25) is 10.1 Å². The largest absolute Gasteiger partial charge is 0.279 e. The predicted octanol–water partition coefficient (Wildman–Crippen LogP) is 4.24. The molecular formula is C13H7N5O2. The third kappa shape index (κ3) is 1.70. The third-order valence-electron chi connectivity index (χ3n) is 3.00. The van der Waals surface area contributed by atoms with Crippen molar-refractivity contribution in [1.29, 1.82) is 0 Å². The normalized spacial score (nSPS) is 10.4. The highest BCUT2D eigenvalue weighted by atomic mass is 16.6. The van der Waals surface area contributed by atoms with Crippen molar-refractivity contribution >= 4 is 33.2 Å². The molecule has 0 N–H and O–H groups in total. The van der Waals surface area contributed by atoms with E-state index >= 15 is 0 Å². The number of fused-ring (bicyclic) bond motifs is 2. The number of hydrogen-bond donors (Lipinski definition) is 0. The Hall–Kier alpha value is -3.18. The van der Waals surface area contributed by atoms with Crippen LogP contribution in [0.25, 0.3) is 32.2 Å². The molecule has 0 spiro atoms. The first kappa shape index (κ1) is 11.9. The maximum Gasteiger partial charge on any atom is 0.279 e. The van der Waals surface area contributed by atoms with Gasteiger partial charge in [-0.2, -0.15) is 0 Å². The van der Waals surface area contributed by atoms with E-state index in [2.05, 4.69) is 15.0 Å². The molecule has 0 atom stereocenters. The minimum Gasteiger partial charge on any atom is -0.258 e. The molecular weight excluding hydrogens is 258 g/mol. The van der Waals surface area contributed by atoms with Gasteiger partial charge in [0.25, 0.3) is 5.69 Å². The van der Waals surface area contributed by atoms with Gasteiger partial charge in [-0.05, 0) is 17.7 Å². The van der Waals surface area contributed by atoms with Crippen molar-refractivity contribution in [3.05, 3.63) is 63.0 Å². The number of nitrogens with zero attached hydrogens (tertiary/aromatic N) is 5. The zero-order valence-electron chi connectivity index (χ0n) is 10.1. The lowest BCUT2D eigenvalue weighted by Crippen LogP contribution is -1.92. The van der Waals surface area contributed by atoms with Gasteiger partial charge < -0.3 is 0 Å². The van der Waals surface area contributed by atoms with Crippen LogP contribution < -0.4 is 0 Å². The summed E-state index contributed by atoms with van der Waals surface area (Å²) in [5.41, 5.74) is 9.91. The molecule has 0 saturated carbocycles. The number of rotatable bonds is 2. The number of aromatic nitrogens is 1.